The molecular weight excluding hydrogens is 472 g/mol. The van der Waals surface area contributed by atoms with Gasteiger partial charge >= 0.3 is 6.09 Å². The van der Waals surface area contributed by atoms with E-state index in [-0.39, 0.29) is 11.9 Å². The number of carbonyl (C=O) groups excluding carboxylic acids is 1. The monoisotopic (exact) mass is 510 g/mol. The van der Waals surface area contributed by atoms with Crippen LogP contribution in [0.25, 0.3) is 10.8 Å². The third-order valence-electron chi connectivity index (χ3n) is 9.66. The van der Waals surface area contributed by atoms with Crippen molar-refractivity contribution >= 4 is 22.8 Å². The molecule has 1 unspecified atom stereocenters. The second kappa shape index (κ2) is 10.1. The zero-order chi connectivity index (χ0) is 26.3. The van der Waals surface area contributed by atoms with Gasteiger partial charge in [0.2, 0.25) is 5.91 Å². The number of hydrogen-bond donors (Lipinski definition) is 2. The van der Waals surface area contributed by atoms with Crippen molar-refractivity contribution in [3.63, 3.8) is 0 Å². The molecule has 4 bridgehead atoms. The maximum absolute atomic E-state index is 14.2. The number of amides is 2. The number of benzene rings is 3. The summed E-state index contributed by atoms with van der Waals surface area (Å²) in [5.41, 5.74) is 0.950. The first-order valence-corrected chi connectivity index (χ1v) is 14.2. The summed E-state index contributed by atoms with van der Waals surface area (Å²) in [7, 11) is 0. The molecule has 0 heterocycles. The van der Waals surface area contributed by atoms with E-state index >= 15 is 0 Å². The number of rotatable bonds is 8. The number of nitrogens with one attached hydrogen (secondary N) is 1. The summed E-state index contributed by atoms with van der Waals surface area (Å²) in [4.78, 5) is 28.9. The lowest BCUT2D eigenvalue weighted by Gasteiger charge is -2.59. The van der Waals surface area contributed by atoms with Gasteiger partial charge in [0.15, 0.2) is 0 Å². The van der Waals surface area contributed by atoms with Gasteiger partial charge in [-0.1, -0.05) is 72.8 Å². The Labute approximate surface area is 225 Å². The van der Waals surface area contributed by atoms with E-state index < -0.39 is 11.6 Å². The van der Waals surface area contributed by atoms with Gasteiger partial charge in [-0.2, -0.15) is 0 Å². The number of hydrogen-bond acceptors (Lipinski definition) is 2. The van der Waals surface area contributed by atoms with Crippen LogP contribution in [0.15, 0.2) is 72.8 Å². The second-order valence-corrected chi connectivity index (χ2v) is 12.2. The summed E-state index contributed by atoms with van der Waals surface area (Å²) >= 11 is 0. The van der Waals surface area contributed by atoms with Crippen molar-refractivity contribution < 1.29 is 14.7 Å². The van der Waals surface area contributed by atoms with Crippen molar-refractivity contribution in [3.8, 4) is 0 Å². The lowest BCUT2D eigenvalue weighted by molar-refractivity contribution is -0.140. The smallest absolute Gasteiger partial charge is 0.408 e. The molecule has 0 aliphatic heterocycles. The van der Waals surface area contributed by atoms with Crippen LogP contribution in [0.1, 0.15) is 50.2 Å². The minimum atomic E-state index is -1.22. The van der Waals surface area contributed by atoms with Crippen LogP contribution in [0.3, 0.4) is 0 Å². The van der Waals surface area contributed by atoms with Gasteiger partial charge in [0.1, 0.15) is 5.54 Å². The van der Waals surface area contributed by atoms with E-state index in [1.807, 2.05) is 43.3 Å². The zero-order valence-electron chi connectivity index (χ0n) is 22.2. The molecule has 1 atom stereocenters. The fourth-order valence-electron chi connectivity index (χ4n) is 8.23. The summed E-state index contributed by atoms with van der Waals surface area (Å²) in [6.45, 7) is 2.34. The van der Waals surface area contributed by atoms with E-state index in [2.05, 4.69) is 41.7 Å². The number of fused-ring (bicyclic) bond motifs is 1. The van der Waals surface area contributed by atoms with Gasteiger partial charge in [0.05, 0.1) is 0 Å². The summed E-state index contributed by atoms with van der Waals surface area (Å²) in [5, 5.41) is 16.1. The van der Waals surface area contributed by atoms with E-state index in [9.17, 15) is 14.7 Å². The van der Waals surface area contributed by atoms with Crippen molar-refractivity contribution in [3.05, 3.63) is 83.9 Å². The predicted octanol–water partition coefficient (Wildman–Crippen LogP) is 6.30. The molecule has 0 spiro atoms. The van der Waals surface area contributed by atoms with E-state index in [1.165, 1.54) is 6.42 Å². The van der Waals surface area contributed by atoms with Crippen molar-refractivity contribution in [1.29, 1.82) is 0 Å². The molecule has 5 nitrogen and oxygen atoms in total. The molecule has 3 aromatic rings. The highest BCUT2D eigenvalue weighted by Crippen LogP contribution is 2.56. The molecular formula is C33H38N2O3. The van der Waals surface area contributed by atoms with Gasteiger partial charge in [0, 0.05) is 19.0 Å². The Balaban J connectivity index is 1.35. The molecule has 4 saturated carbocycles. The van der Waals surface area contributed by atoms with Gasteiger partial charge in [0.25, 0.3) is 0 Å². The molecule has 2 N–H and O–H groups in total. The van der Waals surface area contributed by atoms with Crippen molar-refractivity contribution in [1.82, 2.24) is 10.2 Å². The highest BCUT2D eigenvalue weighted by Gasteiger charge is 2.56. The Kier molecular flexibility index (Phi) is 6.63. The van der Waals surface area contributed by atoms with Crippen molar-refractivity contribution in [2.45, 2.75) is 63.5 Å². The second-order valence-electron chi connectivity index (χ2n) is 12.2. The summed E-state index contributed by atoms with van der Waals surface area (Å²) in [6, 6.07) is 24.3. The first-order valence-electron chi connectivity index (χ1n) is 14.2. The first-order chi connectivity index (χ1) is 18.4. The molecule has 0 aromatic heterocycles. The Morgan fingerprint density at radius 2 is 1.50 bits per heavy atom. The molecule has 4 aliphatic rings. The van der Waals surface area contributed by atoms with E-state index in [0.717, 1.165) is 59.4 Å². The van der Waals surface area contributed by atoms with Gasteiger partial charge in [-0.25, -0.2) is 4.79 Å². The average Bonchev–Trinajstić information content (AvgIpc) is 2.90. The topological polar surface area (TPSA) is 69.6 Å². The number of nitrogens with zero attached hydrogens (tertiary/aromatic N) is 1. The van der Waals surface area contributed by atoms with Gasteiger partial charge in [-0.15, -0.1) is 0 Å². The molecule has 5 heteroatoms. The van der Waals surface area contributed by atoms with Crippen LogP contribution in [-0.4, -0.2) is 40.1 Å². The molecule has 7 rings (SSSR count). The van der Waals surface area contributed by atoms with Crippen LogP contribution < -0.4 is 5.32 Å². The third kappa shape index (κ3) is 4.57. The number of carboxylic acid groups (broad SMARTS) is 1. The summed E-state index contributed by atoms with van der Waals surface area (Å²) in [6.07, 6.45) is 5.79. The Morgan fingerprint density at radius 3 is 2.18 bits per heavy atom. The normalized spacial score (nSPS) is 27.1. The summed E-state index contributed by atoms with van der Waals surface area (Å²) < 4.78 is 0. The standard InChI is InChI=1S/C33H38N2O3/c1-33(31(36)34-15-14-22-8-3-2-4-9-22,21-26-12-7-11-25-10-5-6-13-29(25)26)35(32(37)38)30-27-17-23-16-24(19-27)20-28(30)18-23/h2-13,23-24,27-28,30H,14-21H2,1H3,(H,34,36)(H,37,38). The minimum Gasteiger partial charge on any atom is -0.465 e. The Hall–Kier alpha value is -3.34. The molecule has 2 amide bonds. The minimum absolute atomic E-state index is 0.0971. The molecule has 4 fully saturated rings. The predicted molar refractivity (Wildman–Crippen MR) is 150 cm³/mol. The van der Waals surface area contributed by atoms with Gasteiger partial charge in [-0.3, -0.25) is 9.69 Å². The van der Waals surface area contributed by atoms with Crippen molar-refractivity contribution in [2.75, 3.05) is 6.54 Å². The van der Waals surface area contributed by atoms with E-state index in [0.29, 0.717) is 31.2 Å². The first kappa shape index (κ1) is 25.0. The lowest BCUT2D eigenvalue weighted by Crippen LogP contribution is -2.68. The van der Waals surface area contributed by atoms with Crippen LogP contribution in [-0.2, 0) is 17.6 Å². The zero-order valence-corrected chi connectivity index (χ0v) is 22.2. The quantitative estimate of drug-likeness (QED) is 0.373. The average molecular weight is 511 g/mol. The molecule has 3 aromatic carbocycles. The largest absolute Gasteiger partial charge is 0.465 e. The van der Waals surface area contributed by atoms with Crippen LogP contribution in [0.4, 0.5) is 4.79 Å². The molecule has 4 aliphatic carbocycles. The fraction of sp³-hybridized carbons (Fsp3) is 0.455. The number of carbonyl (C=O) groups is 2. The molecule has 0 saturated heterocycles. The SMILES string of the molecule is CC(Cc1cccc2ccccc12)(C(=O)NCCc1ccccc1)N(C(=O)O)C1C2CC3CC(C2)CC1C3. The van der Waals surface area contributed by atoms with E-state index in [4.69, 9.17) is 0 Å². The maximum atomic E-state index is 14.2. The van der Waals surface area contributed by atoms with Crippen LogP contribution in [0.5, 0.6) is 0 Å². The van der Waals surface area contributed by atoms with Crippen LogP contribution in [0, 0.1) is 23.7 Å². The highest BCUT2D eigenvalue weighted by molar-refractivity contribution is 5.92. The van der Waals surface area contributed by atoms with Crippen LogP contribution in [0.2, 0.25) is 0 Å². The Morgan fingerprint density at radius 1 is 0.868 bits per heavy atom. The Bertz CT molecular complexity index is 1290. The van der Waals surface area contributed by atoms with Crippen molar-refractivity contribution in [2.24, 2.45) is 23.7 Å². The van der Waals surface area contributed by atoms with Crippen LogP contribution >= 0.6 is 0 Å². The van der Waals surface area contributed by atoms with E-state index in [1.54, 1.807) is 4.90 Å². The highest BCUT2D eigenvalue weighted by atomic mass is 16.4. The molecule has 38 heavy (non-hydrogen) atoms. The lowest BCUT2D eigenvalue weighted by atomic mass is 9.53. The molecule has 0 radical (unpaired) electrons. The summed E-state index contributed by atoms with van der Waals surface area (Å²) in [5.74, 6) is 1.97. The fourth-order valence-corrected chi connectivity index (χ4v) is 8.23. The maximum Gasteiger partial charge on any atom is 0.408 e. The molecule has 198 valence electrons. The third-order valence-corrected chi connectivity index (χ3v) is 9.66. The van der Waals surface area contributed by atoms with Gasteiger partial charge in [-0.05, 0) is 91.0 Å². The van der Waals surface area contributed by atoms with Gasteiger partial charge < -0.3 is 10.4 Å².